The Balaban J connectivity index is 1.97. The molecule has 0 spiro atoms. The molecule has 0 aliphatic carbocycles. The highest BCUT2D eigenvalue weighted by atomic mass is 79.9. The number of hydrogen-bond donors (Lipinski definition) is 0. The molecule has 2 aromatic rings. The van der Waals surface area contributed by atoms with Crippen molar-refractivity contribution in [3.8, 4) is 5.75 Å². The molecule has 0 bridgehead atoms. The molecule has 1 aliphatic rings. The van der Waals surface area contributed by atoms with Gasteiger partial charge in [-0.3, -0.25) is 0 Å². The fourth-order valence-electron chi connectivity index (χ4n) is 2.68. The van der Waals surface area contributed by atoms with Crippen molar-refractivity contribution in [1.82, 2.24) is 0 Å². The van der Waals surface area contributed by atoms with Crippen molar-refractivity contribution >= 4 is 27.5 Å². The first-order chi connectivity index (χ1) is 9.87. The Hall–Kier alpha value is -1.06. The van der Waals surface area contributed by atoms with Gasteiger partial charge in [0.2, 0.25) is 0 Å². The maximum absolute atomic E-state index is 14.2. The third-order valence-electron chi connectivity index (χ3n) is 3.63. The molecule has 0 saturated heterocycles. The van der Waals surface area contributed by atoms with Crippen LogP contribution in [0.3, 0.4) is 0 Å². The van der Waals surface area contributed by atoms with Gasteiger partial charge in [-0.25, -0.2) is 4.39 Å². The van der Waals surface area contributed by atoms with Gasteiger partial charge in [0, 0.05) is 12.0 Å². The number of alkyl halides is 1. The summed E-state index contributed by atoms with van der Waals surface area (Å²) in [6.45, 7) is 4.11. The third-order valence-corrected chi connectivity index (χ3v) is 4.73. The lowest BCUT2D eigenvalue weighted by atomic mass is 9.97. The first-order valence-corrected chi connectivity index (χ1v) is 8.00. The molecule has 0 saturated carbocycles. The minimum atomic E-state index is -0.517. The summed E-state index contributed by atoms with van der Waals surface area (Å²) in [6, 6.07) is 11.0. The second kappa shape index (κ2) is 5.29. The summed E-state index contributed by atoms with van der Waals surface area (Å²) in [5.74, 6) is 0.580. The van der Waals surface area contributed by atoms with Crippen LogP contribution in [0.25, 0.3) is 0 Å². The molecule has 110 valence electrons. The maximum Gasteiger partial charge on any atom is 0.142 e. The molecular weight excluding hydrogens is 355 g/mol. The molecule has 3 rings (SSSR count). The van der Waals surface area contributed by atoms with E-state index >= 15 is 0 Å². The Morgan fingerprint density at radius 1 is 1.29 bits per heavy atom. The minimum Gasteiger partial charge on any atom is -0.487 e. The maximum atomic E-state index is 14.2. The summed E-state index contributed by atoms with van der Waals surface area (Å²) in [4.78, 5) is 0. The van der Waals surface area contributed by atoms with E-state index in [-0.39, 0.29) is 11.4 Å². The lowest BCUT2D eigenvalue weighted by Crippen LogP contribution is -2.24. The van der Waals surface area contributed by atoms with Crippen molar-refractivity contribution in [2.45, 2.75) is 31.2 Å². The van der Waals surface area contributed by atoms with E-state index in [1.165, 1.54) is 0 Å². The van der Waals surface area contributed by atoms with Crippen molar-refractivity contribution in [2.24, 2.45) is 0 Å². The van der Waals surface area contributed by atoms with Crippen molar-refractivity contribution in [3.05, 3.63) is 63.4 Å². The Morgan fingerprint density at radius 3 is 2.81 bits per heavy atom. The molecule has 1 unspecified atom stereocenters. The normalized spacial score (nSPS) is 17.2. The fraction of sp³-hybridized carbons (Fsp3) is 0.294. The van der Waals surface area contributed by atoms with Crippen LogP contribution < -0.4 is 4.74 Å². The Morgan fingerprint density at radius 2 is 2.05 bits per heavy atom. The standard InChI is InChI=1S/C17H15BrClFO/c1-17(2)9-11-8-10(6-7-14(11)21-17)15(19)12-4-3-5-13(18)16(12)20/h3-8,15H,9H2,1-2H3. The zero-order valence-electron chi connectivity index (χ0n) is 11.8. The van der Waals surface area contributed by atoms with Gasteiger partial charge in [0.1, 0.15) is 17.2 Å². The lowest BCUT2D eigenvalue weighted by molar-refractivity contribution is 0.138. The Labute approximate surface area is 137 Å². The van der Waals surface area contributed by atoms with E-state index in [1.54, 1.807) is 18.2 Å². The molecule has 1 aliphatic heterocycles. The summed E-state index contributed by atoms with van der Waals surface area (Å²) in [6.07, 6.45) is 0.834. The molecule has 2 aromatic carbocycles. The van der Waals surface area contributed by atoms with Gasteiger partial charge in [0.25, 0.3) is 0 Å². The summed E-state index contributed by atoms with van der Waals surface area (Å²) in [7, 11) is 0. The van der Waals surface area contributed by atoms with Gasteiger partial charge in [-0.1, -0.05) is 24.3 Å². The third kappa shape index (κ3) is 2.82. The smallest absolute Gasteiger partial charge is 0.142 e. The number of rotatable bonds is 2. The van der Waals surface area contributed by atoms with Crippen LogP contribution in [0.15, 0.2) is 40.9 Å². The van der Waals surface area contributed by atoms with Crippen LogP contribution in [-0.2, 0) is 6.42 Å². The van der Waals surface area contributed by atoms with Crippen LogP contribution in [0.4, 0.5) is 4.39 Å². The average Bonchev–Trinajstić information content (AvgIpc) is 2.73. The van der Waals surface area contributed by atoms with Crippen LogP contribution in [0.5, 0.6) is 5.75 Å². The van der Waals surface area contributed by atoms with Crippen LogP contribution in [0, 0.1) is 5.82 Å². The predicted octanol–water partition coefficient (Wildman–Crippen LogP) is 5.63. The number of benzene rings is 2. The van der Waals surface area contributed by atoms with Crippen molar-refractivity contribution in [1.29, 1.82) is 0 Å². The summed E-state index contributed by atoms with van der Waals surface area (Å²) >= 11 is 9.68. The van der Waals surface area contributed by atoms with Crippen molar-refractivity contribution < 1.29 is 9.13 Å². The topological polar surface area (TPSA) is 9.23 Å². The second-order valence-electron chi connectivity index (χ2n) is 5.91. The summed E-state index contributed by atoms with van der Waals surface area (Å²) in [5.41, 5.74) is 2.29. The molecular formula is C17H15BrClFO. The number of fused-ring (bicyclic) bond motifs is 1. The quantitative estimate of drug-likeness (QED) is 0.623. The van der Waals surface area contributed by atoms with Crippen LogP contribution >= 0.6 is 27.5 Å². The lowest BCUT2D eigenvalue weighted by Gasteiger charge is -2.16. The molecule has 4 heteroatoms. The van der Waals surface area contributed by atoms with Gasteiger partial charge in [-0.15, -0.1) is 11.6 Å². The van der Waals surface area contributed by atoms with Gasteiger partial charge in [-0.05, 0) is 53.0 Å². The number of halogens is 3. The number of hydrogen-bond acceptors (Lipinski definition) is 1. The van der Waals surface area contributed by atoms with E-state index in [0.29, 0.717) is 10.0 Å². The second-order valence-corrected chi connectivity index (χ2v) is 7.20. The summed E-state index contributed by atoms with van der Waals surface area (Å²) < 4.78 is 20.5. The Kier molecular flexibility index (Phi) is 3.74. The highest BCUT2D eigenvalue weighted by Gasteiger charge is 2.30. The molecule has 0 N–H and O–H groups in total. The predicted molar refractivity (Wildman–Crippen MR) is 86.6 cm³/mol. The van der Waals surface area contributed by atoms with Crippen LogP contribution in [0.2, 0.25) is 0 Å². The fourth-order valence-corrected chi connectivity index (χ4v) is 3.37. The monoisotopic (exact) mass is 368 g/mol. The van der Waals surface area contributed by atoms with E-state index in [0.717, 1.165) is 23.3 Å². The Bertz CT molecular complexity index is 699. The van der Waals surface area contributed by atoms with Crippen molar-refractivity contribution in [3.63, 3.8) is 0 Å². The molecule has 21 heavy (non-hydrogen) atoms. The van der Waals surface area contributed by atoms with Gasteiger partial charge < -0.3 is 4.74 Å². The zero-order valence-corrected chi connectivity index (χ0v) is 14.1. The van der Waals surface area contributed by atoms with E-state index in [4.69, 9.17) is 16.3 Å². The first kappa shape index (κ1) is 14.9. The first-order valence-electron chi connectivity index (χ1n) is 6.77. The molecule has 0 radical (unpaired) electrons. The van der Waals surface area contributed by atoms with E-state index in [9.17, 15) is 4.39 Å². The molecule has 1 heterocycles. The van der Waals surface area contributed by atoms with E-state index < -0.39 is 5.38 Å². The van der Waals surface area contributed by atoms with Crippen LogP contribution in [-0.4, -0.2) is 5.60 Å². The van der Waals surface area contributed by atoms with Crippen molar-refractivity contribution in [2.75, 3.05) is 0 Å². The molecule has 1 atom stereocenters. The van der Waals surface area contributed by atoms with Gasteiger partial charge >= 0.3 is 0 Å². The number of ether oxygens (including phenoxy) is 1. The van der Waals surface area contributed by atoms with Gasteiger partial charge in [-0.2, -0.15) is 0 Å². The molecule has 1 nitrogen and oxygen atoms in total. The SMILES string of the molecule is CC1(C)Cc2cc(C(Cl)c3cccc(Br)c3F)ccc2O1. The summed E-state index contributed by atoms with van der Waals surface area (Å²) in [5, 5.41) is -0.517. The largest absolute Gasteiger partial charge is 0.487 e. The highest BCUT2D eigenvalue weighted by molar-refractivity contribution is 9.10. The van der Waals surface area contributed by atoms with Gasteiger partial charge in [0.15, 0.2) is 0 Å². The molecule has 0 fully saturated rings. The highest BCUT2D eigenvalue weighted by Crippen LogP contribution is 2.39. The molecule has 0 aromatic heterocycles. The average molecular weight is 370 g/mol. The van der Waals surface area contributed by atoms with E-state index in [2.05, 4.69) is 29.8 Å². The van der Waals surface area contributed by atoms with Gasteiger partial charge in [0.05, 0.1) is 9.85 Å². The van der Waals surface area contributed by atoms with Crippen LogP contribution in [0.1, 0.15) is 35.9 Å². The zero-order chi connectivity index (χ0) is 15.2. The molecule has 0 amide bonds. The minimum absolute atomic E-state index is 0.191. The van der Waals surface area contributed by atoms with E-state index in [1.807, 2.05) is 18.2 Å².